The van der Waals surface area contributed by atoms with Gasteiger partial charge in [-0.05, 0) is 47.9 Å². The Bertz CT molecular complexity index is 895. The number of anilines is 1. The number of thiophene rings is 1. The molecule has 27 heavy (non-hydrogen) atoms. The number of amides is 1. The molecule has 5 nitrogen and oxygen atoms in total. The van der Waals surface area contributed by atoms with Crippen molar-refractivity contribution >= 4 is 58.6 Å². The maximum Gasteiger partial charge on any atom is 0.288 e. The molecule has 0 atom stereocenters. The average Bonchev–Trinajstić information content (AvgIpc) is 3.31. The van der Waals surface area contributed by atoms with Crippen molar-refractivity contribution in [3.63, 3.8) is 0 Å². The van der Waals surface area contributed by atoms with E-state index in [9.17, 15) is 13.6 Å². The van der Waals surface area contributed by atoms with Crippen LogP contribution >= 0.6 is 34.9 Å². The van der Waals surface area contributed by atoms with E-state index in [2.05, 4.69) is 20.5 Å². The van der Waals surface area contributed by atoms with Gasteiger partial charge in [0.2, 0.25) is 11.1 Å². The Hall–Kier alpha value is -2.17. The Morgan fingerprint density at radius 3 is 2.78 bits per heavy atom. The van der Waals surface area contributed by atoms with Gasteiger partial charge in [0.15, 0.2) is 0 Å². The van der Waals surface area contributed by atoms with Crippen LogP contribution in [0.3, 0.4) is 0 Å². The summed E-state index contributed by atoms with van der Waals surface area (Å²) < 4.78 is 24.6. The monoisotopic (exact) mass is 424 g/mol. The summed E-state index contributed by atoms with van der Waals surface area (Å²) in [5.41, 5.74) is 0.550. The number of carbonyl (C=O) groups excluding carboxylic acids is 1. The minimum Gasteiger partial charge on any atom is -0.325 e. The first-order valence-corrected chi connectivity index (χ1v) is 10.4. The lowest BCUT2D eigenvalue weighted by Crippen LogP contribution is -2.14. The van der Waals surface area contributed by atoms with Crippen LogP contribution in [0.4, 0.5) is 14.5 Å². The van der Waals surface area contributed by atoms with Gasteiger partial charge in [-0.1, -0.05) is 29.6 Å². The van der Waals surface area contributed by atoms with Crippen molar-refractivity contribution in [2.24, 2.45) is 0 Å². The van der Waals surface area contributed by atoms with E-state index in [1.165, 1.54) is 11.8 Å². The molecule has 0 saturated carbocycles. The molecular formula is C17H14F2N4OS3. The van der Waals surface area contributed by atoms with Crippen LogP contribution in [-0.2, 0) is 4.79 Å². The van der Waals surface area contributed by atoms with E-state index in [0.29, 0.717) is 33.3 Å². The van der Waals surface area contributed by atoms with Crippen molar-refractivity contribution in [3.8, 4) is 0 Å². The smallest absolute Gasteiger partial charge is 0.288 e. The third-order valence-electron chi connectivity index (χ3n) is 3.13. The van der Waals surface area contributed by atoms with Gasteiger partial charge in [0.25, 0.3) is 5.76 Å². The molecule has 3 rings (SSSR count). The van der Waals surface area contributed by atoms with Gasteiger partial charge in [-0.2, -0.15) is 8.78 Å². The number of rotatable bonds is 8. The van der Waals surface area contributed by atoms with E-state index >= 15 is 0 Å². The van der Waals surface area contributed by atoms with E-state index in [-0.39, 0.29) is 11.7 Å². The SMILES string of the molecule is O=C(CSc1n[nH]c(/C=C\c2cccs2)n1)Nc1ccc(SC(F)F)cc1. The van der Waals surface area contributed by atoms with E-state index in [1.54, 1.807) is 35.6 Å². The van der Waals surface area contributed by atoms with Crippen LogP contribution in [0.5, 0.6) is 0 Å². The molecular weight excluding hydrogens is 410 g/mol. The number of aromatic amines is 1. The number of nitrogens with one attached hydrogen (secondary N) is 2. The number of nitrogens with zero attached hydrogens (tertiary/aromatic N) is 2. The number of H-pyrrole nitrogens is 1. The summed E-state index contributed by atoms with van der Waals surface area (Å²) in [6.07, 6.45) is 3.75. The molecule has 0 aliphatic heterocycles. The fraction of sp³-hybridized carbons (Fsp3) is 0.118. The highest BCUT2D eigenvalue weighted by Crippen LogP contribution is 2.26. The zero-order valence-corrected chi connectivity index (χ0v) is 16.2. The molecule has 1 aromatic carbocycles. The average molecular weight is 425 g/mol. The summed E-state index contributed by atoms with van der Waals surface area (Å²) >= 11 is 3.29. The molecule has 1 amide bonds. The summed E-state index contributed by atoms with van der Waals surface area (Å²) in [5, 5.41) is 12.0. The van der Waals surface area contributed by atoms with E-state index < -0.39 is 5.76 Å². The Labute approximate surface area is 166 Å². The van der Waals surface area contributed by atoms with Crippen LogP contribution in [0.1, 0.15) is 10.7 Å². The number of benzene rings is 1. The van der Waals surface area contributed by atoms with Crippen molar-refractivity contribution in [2.75, 3.05) is 11.1 Å². The molecule has 10 heteroatoms. The number of carbonyl (C=O) groups is 1. The van der Waals surface area contributed by atoms with Gasteiger partial charge >= 0.3 is 0 Å². The van der Waals surface area contributed by atoms with Crippen LogP contribution < -0.4 is 5.32 Å². The molecule has 0 spiro atoms. The lowest BCUT2D eigenvalue weighted by Gasteiger charge is -2.05. The quantitative estimate of drug-likeness (QED) is 0.494. The predicted molar refractivity (Wildman–Crippen MR) is 107 cm³/mol. The topological polar surface area (TPSA) is 70.7 Å². The van der Waals surface area contributed by atoms with Crippen molar-refractivity contribution in [1.82, 2.24) is 15.2 Å². The van der Waals surface area contributed by atoms with Crippen molar-refractivity contribution in [3.05, 3.63) is 52.5 Å². The second kappa shape index (κ2) is 9.67. The highest BCUT2D eigenvalue weighted by molar-refractivity contribution is 8.00. The van der Waals surface area contributed by atoms with Crippen molar-refractivity contribution in [1.29, 1.82) is 0 Å². The van der Waals surface area contributed by atoms with Crippen molar-refractivity contribution in [2.45, 2.75) is 15.8 Å². The fourth-order valence-corrected chi connectivity index (χ4v) is 3.71. The lowest BCUT2D eigenvalue weighted by atomic mass is 10.3. The number of hydrogen-bond acceptors (Lipinski definition) is 6. The van der Waals surface area contributed by atoms with Gasteiger partial charge < -0.3 is 5.32 Å². The Morgan fingerprint density at radius 2 is 2.07 bits per heavy atom. The van der Waals surface area contributed by atoms with Gasteiger partial charge in [0.05, 0.1) is 5.75 Å². The lowest BCUT2D eigenvalue weighted by molar-refractivity contribution is -0.113. The normalized spacial score (nSPS) is 11.4. The number of halogens is 2. The second-order valence-corrected chi connectivity index (χ2v) is 8.08. The molecule has 0 aliphatic rings. The minimum atomic E-state index is -2.46. The summed E-state index contributed by atoms with van der Waals surface area (Å²) in [6, 6.07) is 10.2. The Balaban J connectivity index is 1.46. The zero-order valence-electron chi connectivity index (χ0n) is 13.8. The summed E-state index contributed by atoms with van der Waals surface area (Å²) in [6.45, 7) is 0. The molecule has 140 valence electrons. The third-order valence-corrected chi connectivity index (χ3v) is 5.53. The number of hydrogen-bond donors (Lipinski definition) is 2. The standard InChI is InChI=1S/C17H14F2N4OS3/c18-16(19)27-13-5-3-11(4-6-13)20-15(24)10-26-17-21-14(22-23-17)8-7-12-2-1-9-25-12/h1-9,16H,10H2,(H,20,24)(H,21,22,23)/b8-7-. The highest BCUT2D eigenvalue weighted by Gasteiger charge is 2.08. The maximum atomic E-state index is 12.3. The van der Waals surface area contributed by atoms with Crippen LogP contribution in [0, 0.1) is 0 Å². The van der Waals surface area contributed by atoms with Gasteiger partial charge in [-0.3, -0.25) is 9.89 Å². The van der Waals surface area contributed by atoms with E-state index in [1.807, 2.05) is 29.7 Å². The molecule has 0 bridgehead atoms. The van der Waals surface area contributed by atoms with Crippen LogP contribution in [0.15, 0.2) is 51.8 Å². The highest BCUT2D eigenvalue weighted by atomic mass is 32.2. The number of alkyl halides is 2. The number of thioether (sulfide) groups is 2. The fourth-order valence-electron chi connectivity index (χ4n) is 1.99. The van der Waals surface area contributed by atoms with Gasteiger partial charge in [-0.15, -0.1) is 16.4 Å². The molecule has 2 N–H and O–H groups in total. The third kappa shape index (κ3) is 6.49. The number of aromatic nitrogens is 3. The molecule has 0 unspecified atom stereocenters. The zero-order chi connectivity index (χ0) is 19.1. The van der Waals surface area contributed by atoms with Crippen molar-refractivity contribution < 1.29 is 13.6 Å². The van der Waals surface area contributed by atoms with E-state index in [0.717, 1.165) is 4.88 Å². The van der Waals surface area contributed by atoms with Crippen LogP contribution in [-0.4, -0.2) is 32.6 Å². The second-order valence-electron chi connectivity index (χ2n) is 5.09. The van der Waals surface area contributed by atoms with Crippen LogP contribution in [0.2, 0.25) is 0 Å². The Morgan fingerprint density at radius 1 is 1.26 bits per heavy atom. The summed E-state index contributed by atoms with van der Waals surface area (Å²) in [7, 11) is 0. The van der Waals surface area contributed by atoms with E-state index in [4.69, 9.17) is 0 Å². The van der Waals surface area contributed by atoms with Crippen LogP contribution in [0.25, 0.3) is 12.2 Å². The minimum absolute atomic E-state index is 0.138. The van der Waals surface area contributed by atoms with Gasteiger partial charge in [-0.25, -0.2) is 4.98 Å². The largest absolute Gasteiger partial charge is 0.325 e. The molecule has 2 aromatic heterocycles. The molecule has 3 aromatic rings. The Kier molecular flexibility index (Phi) is 7.02. The first-order valence-electron chi connectivity index (χ1n) is 7.70. The molecule has 0 saturated heterocycles. The molecule has 0 fully saturated rings. The first-order chi connectivity index (χ1) is 13.1. The molecule has 2 heterocycles. The summed E-state index contributed by atoms with van der Waals surface area (Å²) in [4.78, 5) is 17.8. The summed E-state index contributed by atoms with van der Waals surface area (Å²) in [5.74, 6) is -1.94. The molecule has 0 radical (unpaired) electrons. The van der Waals surface area contributed by atoms with Gasteiger partial charge in [0.1, 0.15) is 5.82 Å². The molecule has 0 aliphatic carbocycles. The predicted octanol–water partition coefficient (Wildman–Crippen LogP) is 5.08. The maximum absolute atomic E-state index is 12.3. The first kappa shape index (κ1) is 19.6. The van der Waals surface area contributed by atoms with Gasteiger partial charge in [0, 0.05) is 15.5 Å².